The number of hydrogen-bond donors (Lipinski definition) is 1. The van der Waals surface area contributed by atoms with Crippen LogP contribution >= 0.6 is 0 Å². The van der Waals surface area contributed by atoms with Crippen molar-refractivity contribution in [1.82, 2.24) is 9.47 Å². The zero-order valence-corrected chi connectivity index (χ0v) is 14.4. The Balaban J connectivity index is 2.27. The van der Waals surface area contributed by atoms with Crippen molar-refractivity contribution in [1.29, 1.82) is 0 Å². The third kappa shape index (κ3) is 2.90. The number of nitrogens with two attached hydrogens (primary N) is 1. The van der Waals surface area contributed by atoms with Crippen LogP contribution in [0, 0.1) is 0 Å². The van der Waals surface area contributed by atoms with Crippen molar-refractivity contribution in [2.75, 3.05) is 19.8 Å². The van der Waals surface area contributed by atoms with Crippen LogP contribution in [0.15, 0.2) is 29.2 Å². The fourth-order valence-electron chi connectivity index (χ4n) is 3.65. The standard InChI is InChI=1S/C19H25N3O2/c1-21(2)19(24)14-12-22(13-8-5-3-4-6-9-13)16-11-7-10-15(20)17(16)18(14)23/h7,10-13H,3-6,8-9,20H2,1-2H3. The van der Waals surface area contributed by atoms with Gasteiger partial charge in [0.05, 0.1) is 10.9 Å². The lowest BCUT2D eigenvalue weighted by Crippen LogP contribution is -2.30. The maximum Gasteiger partial charge on any atom is 0.258 e. The van der Waals surface area contributed by atoms with Crippen molar-refractivity contribution in [3.8, 4) is 0 Å². The molecule has 128 valence electrons. The molecule has 1 heterocycles. The molecule has 5 nitrogen and oxygen atoms in total. The number of benzene rings is 1. The van der Waals surface area contributed by atoms with E-state index in [1.807, 2.05) is 12.1 Å². The molecule has 1 saturated carbocycles. The molecule has 0 radical (unpaired) electrons. The van der Waals surface area contributed by atoms with Gasteiger partial charge in [-0.15, -0.1) is 0 Å². The number of hydrogen-bond acceptors (Lipinski definition) is 3. The van der Waals surface area contributed by atoms with Gasteiger partial charge in [0, 0.05) is 32.0 Å². The second-order valence-corrected chi connectivity index (χ2v) is 6.87. The Kier molecular flexibility index (Phi) is 4.60. The summed E-state index contributed by atoms with van der Waals surface area (Å²) in [5.41, 5.74) is 7.30. The summed E-state index contributed by atoms with van der Waals surface area (Å²) in [6, 6.07) is 5.84. The van der Waals surface area contributed by atoms with Gasteiger partial charge in [0.15, 0.2) is 0 Å². The van der Waals surface area contributed by atoms with Crippen molar-refractivity contribution in [3.63, 3.8) is 0 Å². The summed E-state index contributed by atoms with van der Waals surface area (Å²) in [7, 11) is 3.33. The van der Waals surface area contributed by atoms with Crippen LogP contribution in [0.25, 0.3) is 10.9 Å². The highest BCUT2D eigenvalue weighted by atomic mass is 16.2. The number of carbonyl (C=O) groups excluding carboxylic acids is 1. The third-order valence-electron chi connectivity index (χ3n) is 4.95. The Morgan fingerprint density at radius 1 is 1.17 bits per heavy atom. The number of fused-ring (bicyclic) bond motifs is 1. The Labute approximate surface area is 142 Å². The van der Waals surface area contributed by atoms with E-state index in [0.29, 0.717) is 17.1 Å². The first-order valence-corrected chi connectivity index (χ1v) is 8.65. The second kappa shape index (κ2) is 6.67. The number of amides is 1. The van der Waals surface area contributed by atoms with Gasteiger partial charge in [-0.2, -0.15) is 0 Å². The van der Waals surface area contributed by atoms with E-state index in [9.17, 15) is 9.59 Å². The topological polar surface area (TPSA) is 68.3 Å². The lowest BCUT2D eigenvalue weighted by molar-refractivity contribution is 0.0825. The van der Waals surface area contributed by atoms with Gasteiger partial charge in [0.1, 0.15) is 5.56 Å². The lowest BCUT2D eigenvalue weighted by Gasteiger charge is -2.23. The van der Waals surface area contributed by atoms with Crippen molar-refractivity contribution < 1.29 is 4.79 Å². The van der Waals surface area contributed by atoms with Gasteiger partial charge >= 0.3 is 0 Å². The number of anilines is 1. The highest BCUT2D eigenvalue weighted by molar-refractivity contribution is 6.00. The van der Waals surface area contributed by atoms with Crippen molar-refractivity contribution in [3.05, 3.63) is 40.2 Å². The predicted octanol–water partition coefficient (Wildman–Crippen LogP) is 3.18. The molecule has 0 unspecified atom stereocenters. The molecular formula is C19H25N3O2. The Morgan fingerprint density at radius 3 is 2.46 bits per heavy atom. The smallest absolute Gasteiger partial charge is 0.258 e. The summed E-state index contributed by atoms with van der Waals surface area (Å²) in [6.45, 7) is 0. The summed E-state index contributed by atoms with van der Waals surface area (Å²) >= 11 is 0. The molecule has 0 bridgehead atoms. The molecule has 1 aliphatic carbocycles. The molecule has 1 amide bonds. The van der Waals surface area contributed by atoms with Crippen LogP contribution in [-0.4, -0.2) is 29.5 Å². The number of carbonyl (C=O) groups is 1. The lowest BCUT2D eigenvalue weighted by atomic mass is 10.0. The SMILES string of the molecule is CN(C)C(=O)c1cn(C2CCCCCC2)c2cccc(N)c2c1=O. The molecule has 24 heavy (non-hydrogen) atoms. The Bertz CT molecular complexity index is 815. The summed E-state index contributed by atoms with van der Waals surface area (Å²) < 4.78 is 2.12. The molecule has 2 aromatic rings. The summed E-state index contributed by atoms with van der Waals surface area (Å²) in [6.07, 6.45) is 8.75. The average Bonchev–Trinajstić information content (AvgIpc) is 2.84. The minimum Gasteiger partial charge on any atom is -0.398 e. The number of pyridine rings is 1. The zero-order valence-electron chi connectivity index (χ0n) is 14.4. The van der Waals surface area contributed by atoms with E-state index >= 15 is 0 Å². The molecule has 1 aliphatic rings. The van der Waals surface area contributed by atoms with Crippen LogP contribution in [-0.2, 0) is 0 Å². The van der Waals surface area contributed by atoms with E-state index in [0.717, 1.165) is 18.4 Å². The monoisotopic (exact) mass is 327 g/mol. The molecule has 0 saturated heterocycles. The normalized spacial score (nSPS) is 16.1. The van der Waals surface area contributed by atoms with Crippen LogP contribution in [0.3, 0.4) is 0 Å². The van der Waals surface area contributed by atoms with Gasteiger partial charge < -0.3 is 15.2 Å². The Morgan fingerprint density at radius 2 is 1.83 bits per heavy atom. The number of aromatic nitrogens is 1. The molecule has 0 aliphatic heterocycles. The van der Waals surface area contributed by atoms with E-state index in [4.69, 9.17) is 5.73 Å². The van der Waals surface area contributed by atoms with E-state index in [-0.39, 0.29) is 16.9 Å². The molecule has 0 spiro atoms. The van der Waals surface area contributed by atoms with E-state index in [1.54, 1.807) is 26.4 Å². The molecule has 2 N–H and O–H groups in total. The fraction of sp³-hybridized carbons (Fsp3) is 0.474. The highest BCUT2D eigenvalue weighted by Gasteiger charge is 2.22. The number of nitrogen functional groups attached to an aromatic ring is 1. The maximum atomic E-state index is 12.9. The van der Waals surface area contributed by atoms with Gasteiger partial charge in [-0.25, -0.2) is 0 Å². The van der Waals surface area contributed by atoms with Crippen LogP contribution in [0.5, 0.6) is 0 Å². The van der Waals surface area contributed by atoms with Crippen LogP contribution in [0.2, 0.25) is 0 Å². The first kappa shape index (κ1) is 16.6. The summed E-state index contributed by atoms with van der Waals surface area (Å²) in [4.78, 5) is 26.8. The molecule has 1 aromatic heterocycles. The summed E-state index contributed by atoms with van der Waals surface area (Å²) in [5.74, 6) is -0.271. The molecule has 5 heteroatoms. The van der Waals surface area contributed by atoms with Crippen LogP contribution in [0.4, 0.5) is 5.69 Å². The summed E-state index contributed by atoms with van der Waals surface area (Å²) in [5, 5.41) is 0.467. The molecule has 0 atom stereocenters. The zero-order chi connectivity index (χ0) is 17.3. The molecule has 1 aromatic carbocycles. The van der Waals surface area contributed by atoms with Gasteiger partial charge in [-0.1, -0.05) is 31.7 Å². The van der Waals surface area contributed by atoms with Gasteiger partial charge in [0.25, 0.3) is 5.91 Å². The predicted molar refractivity (Wildman–Crippen MR) is 97.4 cm³/mol. The van der Waals surface area contributed by atoms with Crippen molar-refractivity contribution >= 4 is 22.5 Å². The number of nitrogens with zero attached hydrogens (tertiary/aromatic N) is 2. The third-order valence-corrected chi connectivity index (χ3v) is 4.95. The van der Waals surface area contributed by atoms with E-state index < -0.39 is 0 Å². The van der Waals surface area contributed by atoms with Gasteiger partial charge in [0.2, 0.25) is 5.43 Å². The second-order valence-electron chi connectivity index (χ2n) is 6.87. The van der Waals surface area contributed by atoms with Crippen molar-refractivity contribution in [2.45, 2.75) is 44.6 Å². The van der Waals surface area contributed by atoms with Gasteiger partial charge in [-0.3, -0.25) is 9.59 Å². The van der Waals surface area contributed by atoms with Crippen molar-refractivity contribution in [2.24, 2.45) is 0 Å². The Hall–Kier alpha value is -2.30. The van der Waals surface area contributed by atoms with Crippen LogP contribution in [0.1, 0.15) is 54.9 Å². The molecule has 3 rings (SSSR count). The van der Waals surface area contributed by atoms with Gasteiger partial charge in [-0.05, 0) is 25.0 Å². The minimum atomic E-state index is -0.272. The van der Waals surface area contributed by atoms with E-state index in [1.165, 1.54) is 30.6 Å². The number of rotatable bonds is 2. The average molecular weight is 327 g/mol. The highest BCUT2D eigenvalue weighted by Crippen LogP contribution is 2.30. The minimum absolute atomic E-state index is 0.203. The molecular weight excluding hydrogens is 302 g/mol. The quantitative estimate of drug-likeness (QED) is 0.680. The maximum absolute atomic E-state index is 12.9. The first-order valence-electron chi connectivity index (χ1n) is 8.65. The van der Waals surface area contributed by atoms with E-state index in [2.05, 4.69) is 4.57 Å². The largest absolute Gasteiger partial charge is 0.398 e. The first-order chi connectivity index (χ1) is 11.5. The fourth-order valence-corrected chi connectivity index (χ4v) is 3.65. The van der Waals surface area contributed by atoms with Crippen LogP contribution < -0.4 is 11.2 Å². The molecule has 1 fully saturated rings.